The Labute approximate surface area is 117 Å². The van der Waals surface area contributed by atoms with Crippen molar-refractivity contribution in [1.82, 2.24) is 10.1 Å². The molecule has 4 nitrogen and oxygen atoms in total. The van der Waals surface area contributed by atoms with E-state index in [1.54, 1.807) is 0 Å². The summed E-state index contributed by atoms with van der Waals surface area (Å²) >= 11 is 1.93. The van der Waals surface area contributed by atoms with E-state index in [9.17, 15) is 0 Å². The minimum atomic E-state index is 0.396. The van der Waals surface area contributed by atoms with Gasteiger partial charge in [-0.05, 0) is 30.7 Å². The van der Waals surface area contributed by atoms with Gasteiger partial charge in [0.05, 0.1) is 10.8 Å². The Morgan fingerprint density at radius 2 is 2.21 bits per heavy atom. The van der Waals surface area contributed by atoms with Gasteiger partial charge in [-0.15, -0.1) is 0 Å². The van der Waals surface area contributed by atoms with Gasteiger partial charge in [0.1, 0.15) is 0 Å². The zero-order valence-electron chi connectivity index (χ0n) is 10.9. The number of benzene rings is 1. The summed E-state index contributed by atoms with van der Waals surface area (Å²) < 4.78 is 5.43. The van der Waals surface area contributed by atoms with E-state index >= 15 is 0 Å². The predicted molar refractivity (Wildman–Crippen MR) is 78.3 cm³/mol. The Morgan fingerprint density at radius 3 is 3.00 bits per heavy atom. The van der Waals surface area contributed by atoms with Gasteiger partial charge in [0, 0.05) is 12.7 Å². The Bertz CT molecular complexity index is 549. The van der Waals surface area contributed by atoms with E-state index in [-0.39, 0.29) is 0 Å². The van der Waals surface area contributed by atoms with Crippen LogP contribution >= 0.6 is 11.8 Å². The van der Waals surface area contributed by atoms with Crippen molar-refractivity contribution in [1.29, 1.82) is 0 Å². The van der Waals surface area contributed by atoms with Gasteiger partial charge in [-0.1, -0.05) is 23.7 Å². The molecule has 0 bridgehead atoms. The van der Waals surface area contributed by atoms with E-state index in [4.69, 9.17) is 4.52 Å². The molecule has 1 aromatic heterocycles. The number of nitrogens with zero attached hydrogens (tertiary/aromatic N) is 2. The molecule has 0 saturated carbocycles. The highest BCUT2D eigenvalue weighted by molar-refractivity contribution is 7.99. The molecular formula is C14H17N3OS. The standard InChI is InChI=1S/C14H17N3OS/c1-15-11-7-3-2-6-10(11)14-16-13(17-18-14)12-8-4-5-9-19-12/h2-3,6-7,12,15H,4-5,8-9H2,1H3. The van der Waals surface area contributed by atoms with Crippen molar-refractivity contribution in [2.75, 3.05) is 18.1 Å². The summed E-state index contributed by atoms with van der Waals surface area (Å²) in [5, 5.41) is 7.70. The van der Waals surface area contributed by atoms with E-state index in [1.165, 1.54) is 18.6 Å². The minimum absolute atomic E-state index is 0.396. The average molecular weight is 275 g/mol. The molecule has 1 aliphatic heterocycles. The van der Waals surface area contributed by atoms with Crippen molar-refractivity contribution < 1.29 is 4.52 Å². The maximum atomic E-state index is 5.43. The zero-order valence-corrected chi connectivity index (χ0v) is 11.7. The minimum Gasteiger partial charge on any atom is -0.387 e. The third-order valence-corrected chi connectivity index (χ3v) is 4.71. The smallest absolute Gasteiger partial charge is 0.260 e. The number of nitrogens with one attached hydrogen (secondary N) is 1. The number of thioether (sulfide) groups is 1. The Kier molecular flexibility index (Phi) is 3.73. The first-order valence-corrected chi connectivity index (χ1v) is 7.65. The van der Waals surface area contributed by atoms with Crippen LogP contribution < -0.4 is 5.32 Å². The van der Waals surface area contributed by atoms with Gasteiger partial charge < -0.3 is 9.84 Å². The largest absolute Gasteiger partial charge is 0.387 e. The molecule has 0 amide bonds. The molecule has 1 atom stereocenters. The average Bonchev–Trinajstić information content (AvgIpc) is 2.98. The van der Waals surface area contributed by atoms with Crippen molar-refractivity contribution in [3.8, 4) is 11.5 Å². The Hall–Kier alpha value is -1.49. The fraction of sp³-hybridized carbons (Fsp3) is 0.429. The zero-order chi connectivity index (χ0) is 13.1. The van der Waals surface area contributed by atoms with E-state index in [2.05, 4.69) is 15.5 Å². The van der Waals surface area contributed by atoms with Gasteiger partial charge in [0.15, 0.2) is 5.82 Å². The van der Waals surface area contributed by atoms with Crippen LogP contribution in [0.3, 0.4) is 0 Å². The SMILES string of the molecule is CNc1ccccc1-c1nc(C2CCCCS2)no1. The van der Waals surface area contributed by atoms with Crippen LogP contribution in [-0.2, 0) is 0 Å². The molecule has 100 valence electrons. The Balaban J connectivity index is 1.88. The lowest BCUT2D eigenvalue weighted by Crippen LogP contribution is -2.03. The highest BCUT2D eigenvalue weighted by atomic mass is 32.2. The second-order valence-electron chi connectivity index (χ2n) is 4.61. The van der Waals surface area contributed by atoms with Crippen LogP contribution in [0.15, 0.2) is 28.8 Å². The van der Waals surface area contributed by atoms with E-state index < -0.39 is 0 Å². The number of hydrogen-bond donors (Lipinski definition) is 1. The lowest BCUT2D eigenvalue weighted by molar-refractivity contribution is 0.420. The monoisotopic (exact) mass is 275 g/mol. The highest BCUT2D eigenvalue weighted by Gasteiger charge is 2.22. The van der Waals surface area contributed by atoms with Crippen LogP contribution in [0.4, 0.5) is 5.69 Å². The fourth-order valence-corrected chi connectivity index (χ4v) is 3.54. The first-order chi connectivity index (χ1) is 9.38. The molecule has 2 heterocycles. The third-order valence-electron chi connectivity index (χ3n) is 3.34. The lowest BCUT2D eigenvalue weighted by atomic mass is 10.1. The van der Waals surface area contributed by atoms with E-state index in [0.29, 0.717) is 11.1 Å². The molecule has 0 radical (unpaired) electrons. The molecule has 2 aromatic rings. The number of rotatable bonds is 3. The molecule has 1 aromatic carbocycles. The van der Waals surface area contributed by atoms with Gasteiger partial charge in [-0.2, -0.15) is 16.7 Å². The van der Waals surface area contributed by atoms with Crippen molar-refractivity contribution in [2.24, 2.45) is 0 Å². The molecule has 0 aliphatic carbocycles. The normalized spacial score (nSPS) is 19.3. The number of aromatic nitrogens is 2. The fourth-order valence-electron chi connectivity index (χ4n) is 2.31. The third kappa shape index (κ3) is 2.61. The number of hydrogen-bond acceptors (Lipinski definition) is 5. The molecule has 5 heteroatoms. The van der Waals surface area contributed by atoms with Crippen molar-refractivity contribution in [2.45, 2.75) is 24.5 Å². The predicted octanol–water partition coefficient (Wildman–Crippen LogP) is 3.74. The van der Waals surface area contributed by atoms with E-state index in [0.717, 1.165) is 23.5 Å². The summed E-state index contributed by atoms with van der Waals surface area (Å²) in [6, 6.07) is 7.98. The van der Waals surface area contributed by atoms with Crippen LogP contribution in [-0.4, -0.2) is 22.9 Å². The van der Waals surface area contributed by atoms with Crippen molar-refractivity contribution >= 4 is 17.4 Å². The Morgan fingerprint density at radius 1 is 1.32 bits per heavy atom. The maximum absolute atomic E-state index is 5.43. The van der Waals surface area contributed by atoms with Crippen LogP contribution in [0.5, 0.6) is 0 Å². The van der Waals surface area contributed by atoms with Crippen LogP contribution in [0.25, 0.3) is 11.5 Å². The van der Waals surface area contributed by atoms with Gasteiger partial charge in [-0.3, -0.25) is 0 Å². The summed E-state index contributed by atoms with van der Waals surface area (Å²) in [6.07, 6.45) is 3.71. The van der Waals surface area contributed by atoms with Crippen LogP contribution in [0.2, 0.25) is 0 Å². The lowest BCUT2D eigenvalue weighted by Gasteiger charge is -2.17. The molecule has 1 fully saturated rings. The molecule has 0 spiro atoms. The van der Waals surface area contributed by atoms with Gasteiger partial charge in [-0.25, -0.2) is 0 Å². The molecule has 1 saturated heterocycles. The van der Waals surface area contributed by atoms with Crippen LogP contribution in [0.1, 0.15) is 30.3 Å². The van der Waals surface area contributed by atoms with Gasteiger partial charge in [0.2, 0.25) is 0 Å². The quantitative estimate of drug-likeness (QED) is 0.924. The number of para-hydroxylation sites is 1. The summed E-state index contributed by atoms with van der Waals surface area (Å²) in [4.78, 5) is 4.57. The van der Waals surface area contributed by atoms with Gasteiger partial charge >= 0.3 is 0 Å². The molecule has 1 aliphatic rings. The second-order valence-corrected chi connectivity index (χ2v) is 5.92. The molecule has 1 unspecified atom stereocenters. The highest BCUT2D eigenvalue weighted by Crippen LogP contribution is 2.37. The molecular weight excluding hydrogens is 258 g/mol. The van der Waals surface area contributed by atoms with Gasteiger partial charge in [0.25, 0.3) is 5.89 Å². The summed E-state index contributed by atoms with van der Waals surface area (Å²) in [5.74, 6) is 2.64. The second kappa shape index (κ2) is 5.65. The van der Waals surface area contributed by atoms with E-state index in [1.807, 2.05) is 43.1 Å². The first kappa shape index (κ1) is 12.5. The van der Waals surface area contributed by atoms with Crippen molar-refractivity contribution in [3.05, 3.63) is 30.1 Å². The van der Waals surface area contributed by atoms with Crippen LogP contribution in [0, 0.1) is 0 Å². The topological polar surface area (TPSA) is 51.0 Å². The van der Waals surface area contributed by atoms with Crippen molar-refractivity contribution in [3.63, 3.8) is 0 Å². The first-order valence-electron chi connectivity index (χ1n) is 6.61. The summed E-state index contributed by atoms with van der Waals surface area (Å²) in [7, 11) is 1.90. The number of anilines is 1. The molecule has 1 N–H and O–H groups in total. The summed E-state index contributed by atoms with van der Waals surface area (Å²) in [6.45, 7) is 0. The molecule has 19 heavy (non-hydrogen) atoms. The maximum Gasteiger partial charge on any atom is 0.260 e. The summed E-state index contributed by atoms with van der Waals surface area (Å²) in [5.41, 5.74) is 1.97. The molecule has 3 rings (SSSR count).